The van der Waals surface area contributed by atoms with Crippen LogP contribution in [0.25, 0.3) is 0 Å². The number of carboxylic acid groups (broad SMARTS) is 1. The summed E-state index contributed by atoms with van der Waals surface area (Å²) in [5, 5.41) is 9.46. The van der Waals surface area contributed by atoms with Gasteiger partial charge in [-0.05, 0) is 51.4 Å². The second kappa shape index (κ2) is 25.7. The van der Waals surface area contributed by atoms with Gasteiger partial charge in [-0.2, -0.15) is 0 Å². The lowest BCUT2D eigenvalue weighted by Gasteiger charge is -2.31. The van der Waals surface area contributed by atoms with E-state index in [1.54, 1.807) is 0 Å². The van der Waals surface area contributed by atoms with Gasteiger partial charge in [0.1, 0.15) is 6.61 Å². The minimum atomic E-state index is -0.893. The maximum atomic E-state index is 12.4. The van der Waals surface area contributed by atoms with Crippen LogP contribution < -0.4 is 0 Å². The zero-order valence-electron chi connectivity index (χ0n) is 26.7. The van der Waals surface area contributed by atoms with Crippen LogP contribution in [0.3, 0.4) is 0 Å². The van der Waals surface area contributed by atoms with Crippen molar-refractivity contribution in [1.82, 2.24) is 0 Å². The first-order chi connectivity index (χ1) is 20.1. The molecule has 2 unspecified atom stereocenters. The fourth-order valence-electron chi connectivity index (χ4n) is 3.81. The number of ether oxygens (including phenoxy) is 3. The van der Waals surface area contributed by atoms with Gasteiger partial charge in [0.15, 0.2) is 12.1 Å². The Labute approximate surface area is 254 Å². The summed E-state index contributed by atoms with van der Waals surface area (Å²) in [5.41, 5.74) is 0. The molecule has 0 aromatic rings. The van der Waals surface area contributed by atoms with E-state index in [1.807, 2.05) is 28.1 Å². The van der Waals surface area contributed by atoms with E-state index >= 15 is 0 Å². The molecule has 0 rings (SSSR count). The summed E-state index contributed by atoms with van der Waals surface area (Å²) in [6.07, 6.45) is 28.5. The molecule has 0 aliphatic heterocycles. The van der Waals surface area contributed by atoms with E-state index in [1.165, 1.54) is 0 Å². The third-order valence-corrected chi connectivity index (χ3v) is 6.15. The van der Waals surface area contributed by atoms with Crippen molar-refractivity contribution in [1.29, 1.82) is 0 Å². The first-order valence-corrected chi connectivity index (χ1v) is 15.3. The number of rotatable bonds is 25. The second-order valence-corrected chi connectivity index (χ2v) is 11.0. The molecule has 1 N–H and O–H groups in total. The van der Waals surface area contributed by atoms with Crippen molar-refractivity contribution in [3.05, 3.63) is 60.8 Å². The van der Waals surface area contributed by atoms with Gasteiger partial charge in [0.2, 0.25) is 0 Å². The van der Waals surface area contributed by atoms with Gasteiger partial charge in [-0.3, -0.25) is 9.59 Å². The van der Waals surface area contributed by atoms with Crippen LogP contribution in [-0.2, 0) is 28.6 Å². The Hall–Kier alpha value is -2.97. The van der Waals surface area contributed by atoms with Gasteiger partial charge in [0.25, 0.3) is 0 Å². The van der Waals surface area contributed by atoms with E-state index in [-0.39, 0.29) is 42.7 Å². The van der Waals surface area contributed by atoms with E-state index in [9.17, 15) is 19.5 Å². The minimum absolute atomic E-state index is 0.0311. The van der Waals surface area contributed by atoms with E-state index in [0.717, 1.165) is 38.5 Å². The molecule has 0 radical (unpaired) electrons. The summed E-state index contributed by atoms with van der Waals surface area (Å²) in [6.45, 7) is 4.15. The number of unbranched alkanes of at least 4 members (excludes halogenated alkanes) is 1. The number of carboxylic acids is 1. The van der Waals surface area contributed by atoms with E-state index in [2.05, 4.69) is 67.7 Å². The van der Waals surface area contributed by atoms with Crippen molar-refractivity contribution in [2.24, 2.45) is 0 Å². The Morgan fingerprint density at radius 1 is 0.738 bits per heavy atom. The Morgan fingerprint density at radius 2 is 1.29 bits per heavy atom. The molecule has 0 aliphatic rings. The number of esters is 2. The van der Waals surface area contributed by atoms with Crippen LogP contribution in [0.4, 0.5) is 0 Å². The van der Waals surface area contributed by atoms with Crippen molar-refractivity contribution in [3.63, 3.8) is 0 Å². The fraction of sp³-hybridized carbons (Fsp3) is 0.618. The average Bonchev–Trinajstić information content (AvgIpc) is 2.92. The number of nitrogens with zero attached hydrogens (tertiary/aromatic N) is 1. The number of likely N-dealkylation sites (N-methyl/N-ethyl adjacent to an activating group) is 1. The molecule has 0 aromatic heterocycles. The number of carbonyl (C=O) groups is 3. The Balaban J connectivity index is 4.35. The summed E-state index contributed by atoms with van der Waals surface area (Å²) in [6, 6.07) is -0.621. The standard InChI is InChI=1S/C34H55NO7/c1-6-8-9-10-11-12-13-14-15-16-17-18-19-20-21-22-23-25-33(37)42-30(29-41-32(36)24-7-2)28-40-27-26-31(34(38)39)35(3,4)5/h8-9,11-12,14-15,17-18,20-21,30-31H,6-7,10,13,16,19,22-29H2,1-5H3/p+1/b9-8-,12-11-,15-14-,18-17-,21-20-. The Bertz CT molecular complexity index is 881. The van der Waals surface area contributed by atoms with Crippen LogP contribution in [0, 0.1) is 0 Å². The first kappa shape index (κ1) is 39.0. The van der Waals surface area contributed by atoms with Crippen molar-refractivity contribution in [2.45, 2.75) is 96.6 Å². The molecule has 0 saturated heterocycles. The minimum Gasteiger partial charge on any atom is -0.477 e. The first-order valence-electron chi connectivity index (χ1n) is 15.3. The van der Waals surface area contributed by atoms with Gasteiger partial charge in [0, 0.05) is 19.3 Å². The van der Waals surface area contributed by atoms with Crippen molar-refractivity contribution >= 4 is 17.9 Å². The predicted octanol–water partition coefficient (Wildman–Crippen LogP) is 6.73. The highest BCUT2D eigenvalue weighted by Crippen LogP contribution is 2.10. The van der Waals surface area contributed by atoms with E-state index in [4.69, 9.17) is 14.2 Å². The van der Waals surface area contributed by atoms with Gasteiger partial charge in [-0.15, -0.1) is 0 Å². The van der Waals surface area contributed by atoms with Gasteiger partial charge in [-0.25, -0.2) is 4.79 Å². The summed E-state index contributed by atoms with van der Waals surface area (Å²) < 4.78 is 16.7. The highest BCUT2D eigenvalue weighted by Gasteiger charge is 2.31. The Morgan fingerprint density at radius 3 is 1.79 bits per heavy atom. The number of allylic oxidation sites excluding steroid dienone is 10. The quantitative estimate of drug-likeness (QED) is 0.0545. The van der Waals surface area contributed by atoms with Crippen LogP contribution in [0.5, 0.6) is 0 Å². The molecule has 0 spiro atoms. The molecule has 0 amide bonds. The average molecular weight is 591 g/mol. The third-order valence-electron chi connectivity index (χ3n) is 6.15. The number of quaternary nitrogens is 1. The summed E-state index contributed by atoms with van der Waals surface area (Å²) in [7, 11) is 5.45. The molecular weight excluding hydrogens is 534 g/mol. The third kappa shape index (κ3) is 23.7. The largest absolute Gasteiger partial charge is 0.477 e. The van der Waals surface area contributed by atoms with Crippen LogP contribution in [-0.4, -0.2) is 80.6 Å². The monoisotopic (exact) mass is 590 g/mol. The fourth-order valence-corrected chi connectivity index (χ4v) is 3.81. The smallest absolute Gasteiger partial charge is 0.362 e. The highest BCUT2D eigenvalue weighted by molar-refractivity contribution is 5.72. The zero-order valence-corrected chi connectivity index (χ0v) is 26.7. The number of hydrogen-bond acceptors (Lipinski definition) is 6. The molecule has 0 saturated carbocycles. The molecule has 8 nitrogen and oxygen atoms in total. The molecule has 0 aliphatic carbocycles. The molecule has 0 bridgehead atoms. The van der Waals surface area contributed by atoms with E-state index in [0.29, 0.717) is 25.7 Å². The molecule has 8 heteroatoms. The zero-order chi connectivity index (χ0) is 31.5. The molecular formula is C34H56NO7+. The van der Waals surface area contributed by atoms with Crippen LogP contribution in [0.15, 0.2) is 60.8 Å². The van der Waals surface area contributed by atoms with Gasteiger partial charge >= 0.3 is 17.9 Å². The lowest BCUT2D eigenvalue weighted by Crippen LogP contribution is -2.50. The molecule has 0 aromatic carbocycles. The molecule has 42 heavy (non-hydrogen) atoms. The van der Waals surface area contributed by atoms with E-state index < -0.39 is 18.1 Å². The number of aliphatic carboxylic acids is 1. The van der Waals surface area contributed by atoms with Gasteiger partial charge < -0.3 is 23.8 Å². The topological polar surface area (TPSA) is 99.1 Å². The Kier molecular flexibility index (Phi) is 23.9. The summed E-state index contributed by atoms with van der Waals surface area (Å²) in [4.78, 5) is 35.7. The van der Waals surface area contributed by atoms with Crippen molar-refractivity contribution < 1.29 is 38.2 Å². The van der Waals surface area contributed by atoms with Gasteiger partial charge in [-0.1, -0.05) is 74.6 Å². The second-order valence-electron chi connectivity index (χ2n) is 11.0. The lowest BCUT2D eigenvalue weighted by atomic mass is 10.1. The lowest BCUT2D eigenvalue weighted by molar-refractivity contribution is -0.887. The SMILES string of the molecule is CC/C=C\C/C=C\C/C=C\C/C=C\C/C=C\CCCC(=O)OC(COCCC(C(=O)O)[N+](C)(C)C)COC(=O)CCC. The maximum absolute atomic E-state index is 12.4. The normalized spacial score (nSPS) is 14.0. The molecule has 0 fully saturated rings. The maximum Gasteiger partial charge on any atom is 0.362 e. The molecule has 2 atom stereocenters. The predicted molar refractivity (Wildman–Crippen MR) is 169 cm³/mol. The van der Waals surface area contributed by atoms with Crippen LogP contribution in [0.1, 0.15) is 84.5 Å². The van der Waals surface area contributed by atoms with Gasteiger partial charge in [0.05, 0.1) is 34.4 Å². The number of hydrogen-bond donors (Lipinski definition) is 1. The number of carbonyl (C=O) groups excluding carboxylic acids is 2. The molecule has 0 heterocycles. The summed E-state index contributed by atoms with van der Waals surface area (Å²) in [5.74, 6) is -1.62. The summed E-state index contributed by atoms with van der Waals surface area (Å²) >= 11 is 0. The highest BCUT2D eigenvalue weighted by atomic mass is 16.6. The molecule has 238 valence electrons. The van der Waals surface area contributed by atoms with Crippen molar-refractivity contribution in [3.8, 4) is 0 Å². The van der Waals surface area contributed by atoms with Crippen LogP contribution in [0.2, 0.25) is 0 Å². The van der Waals surface area contributed by atoms with Crippen LogP contribution >= 0.6 is 0 Å². The van der Waals surface area contributed by atoms with Crippen molar-refractivity contribution in [2.75, 3.05) is 41.0 Å².